The zero-order valence-electron chi connectivity index (χ0n) is 11.5. The SMILES string of the molecule is C=CC1=CC(=C)CC(C(=O)OCC)(C(=O)OCC)C1. The minimum Gasteiger partial charge on any atom is -0.465 e. The van der Waals surface area contributed by atoms with E-state index in [1.54, 1.807) is 19.9 Å². The first-order valence-electron chi connectivity index (χ1n) is 6.35. The van der Waals surface area contributed by atoms with Crippen molar-refractivity contribution in [3.05, 3.63) is 36.5 Å². The van der Waals surface area contributed by atoms with Crippen LogP contribution in [0.15, 0.2) is 36.5 Å². The van der Waals surface area contributed by atoms with Crippen molar-refractivity contribution >= 4 is 11.9 Å². The Labute approximate surface area is 113 Å². The van der Waals surface area contributed by atoms with E-state index in [0.29, 0.717) is 5.57 Å². The number of carbonyl (C=O) groups is 2. The Morgan fingerprint density at radius 1 is 1.26 bits per heavy atom. The fourth-order valence-electron chi connectivity index (χ4n) is 2.20. The molecule has 0 unspecified atom stereocenters. The predicted molar refractivity (Wildman–Crippen MR) is 72.4 cm³/mol. The Morgan fingerprint density at radius 2 is 1.79 bits per heavy atom. The lowest BCUT2D eigenvalue weighted by Crippen LogP contribution is -2.44. The number of ether oxygens (including phenoxy) is 2. The summed E-state index contributed by atoms with van der Waals surface area (Å²) in [6.07, 6.45) is 3.93. The molecule has 0 aromatic rings. The number of rotatable bonds is 5. The summed E-state index contributed by atoms with van der Waals surface area (Å²) in [6, 6.07) is 0. The molecule has 19 heavy (non-hydrogen) atoms. The zero-order chi connectivity index (χ0) is 14.5. The van der Waals surface area contributed by atoms with Gasteiger partial charge in [-0.3, -0.25) is 9.59 Å². The lowest BCUT2D eigenvalue weighted by molar-refractivity contribution is -0.172. The van der Waals surface area contributed by atoms with Gasteiger partial charge < -0.3 is 9.47 Å². The van der Waals surface area contributed by atoms with E-state index >= 15 is 0 Å². The molecule has 1 rings (SSSR count). The van der Waals surface area contributed by atoms with Gasteiger partial charge in [-0.1, -0.05) is 30.9 Å². The molecule has 0 amide bonds. The molecule has 1 aliphatic rings. The normalized spacial score (nSPS) is 17.4. The average Bonchev–Trinajstić information content (AvgIpc) is 2.38. The second-order valence-corrected chi connectivity index (χ2v) is 4.46. The van der Waals surface area contributed by atoms with Gasteiger partial charge >= 0.3 is 11.9 Å². The van der Waals surface area contributed by atoms with Crippen molar-refractivity contribution in [1.29, 1.82) is 0 Å². The van der Waals surface area contributed by atoms with Crippen LogP contribution in [0.25, 0.3) is 0 Å². The zero-order valence-corrected chi connectivity index (χ0v) is 11.5. The van der Waals surface area contributed by atoms with Crippen molar-refractivity contribution in [2.75, 3.05) is 13.2 Å². The predicted octanol–water partition coefficient (Wildman–Crippen LogP) is 2.56. The van der Waals surface area contributed by atoms with E-state index < -0.39 is 17.4 Å². The standard InChI is InChI=1S/C15H20O4/c1-5-12-8-11(4)9-15(10-12,13(16)18-6-2)14(17)19-7-3/h5,8H,1,4,6-7,9-10H2,2-3H3. The highest BCUT2D eigenvalue weighted by Gasteiger charge is 2.50. The highest BCUT2D eigenvalue weighted by molar-refractivity contribution is 6.01. The van der Waals surface area contributed by atoms with Crippen LogP contribution in [-0.4, -0.2) is 25.2 Å². The summed E-state index contributed by atoms with van der Waals surface area (Å²) in [6.45, 7) is 11.4. The fourth-order valence-corrected chi connectivity index (χ4v) is 2.20. The summed E-state index contributed by atoms with van der Waals surface area (Å²) in [7, 11) is 0. The number of esters is 2. The van der Waals surface area contributed by atoms with Crippen molar-refractivity contribution in [2.45, 2.75) is 26.7 Å². The molecule has 0 bridgehead atoms. The highest BCUT2D eigenvalue weighted by Crippen LogP contribution is 2.41. The van der Waals surface area contributed by atoms with E-state index in [1.165, 1.54) is 0 Å². The van der Waals surface area contributed by atoms with Crippen molar-refractivity contribution in [3.8, 4) is 0 Å². The fraction of sp³-hybridized carbons (Fsp3) is 0.467. The van der Waals surface area contributed by atoms with Crippen molar-refractivity contribution in [2.24, 2.45) is 5.41 Å². The van der Waals surface area contributed by atoms with Gasteiger partial charge in [-0.05, 0) is 32.3 Å². The second-order valence-electron chi connectivity index (χ2n) is 4.46. The summed E-state index contributed by atoms with van der Waals surface area (Å²) in [5.41, 5.74) is 0.168. The molecule has 0 aliphatic heterocycles. The third-order valence-corrected chi connectivity index (χ3v) is 3.02. The molecular weight excluding hydrogens is 244 g/mol. The number of hydrogen-bond donors (Lipinski definition) is 0. The molecule has 1 aliphatic carbocycles. The minimum atomic E-state index is -1.32. The third kappa shape index (κ3) is 3.13. The van der Waals surface area contributed by atoms with Crippen LogP contribution in [0, 0.1) is 5.41 Å². The summed E-state index contributed by atoms with van der Waals surface area (Å²) in [5.74, 6) is -1.11. The van der Waals surface area contributed by atoms with Crippen LogP contribution in [0.2, 0.25) is 0 Å². The highest BCUT2D eigenvalue weighted by atomic mass is 16.6. The summed E-state index contributed by atoms with van der Waals surface area (Å²) < 4.78 is 10.1. The topological polar surface area (TPSA) is 52.6 Å². The molecule has 0 radical (unpaired) electrons. The van der Waals surface area contributed by atoms with E-state index in [9.17, 15) is 9.59 Å². The Morgan fingerprint density at radius 3 is 2.21 bits per heavy atom. The third-order valence-electron chi connectivity index (χ3n) is 3.02. The van der Waals surface area contributed by atoms with Crippen LogP contribution >= 0.6 is 0 Å². The molecule has 104 valence electrons. The molecule has 0 fully saturated rings. The summed E-state index contributed by atoms with van der Waals surface area (Å²) >= 11 is 0. The summed E-state index contributed by atoms with van der Waals surface area (Å²) in [5, 5.41) is 0. The van der Waals surface area contributed by atoms with Gasteiger partial charge in [-0.2, -0.15) is 0 Å². The van der Waals surface area contributed by atoms with Crippen molar-refractivity contribution < 1.29 is 19.1 Å². The van der Waals surface area contributed by atoms with E-state index in [2.05, 4.69) is 13.2 Å². The Bertz CT molecular complexity index is 413. The Hall–Kier alpha value is -1.84. The first-order chi connectivity index (χ1) is 9.00. The van der Waals surface area contributed by atoms with E-state index in [1.807, 2.05) is 6.08 Å². The summed E-state index contributed by atoms with van der Waals surface area (Å²) in [4.78, 5) is 24.4. The molecule has 0 heterocycles. The van der Waals surface area contributed by atoms with Crippen LogP contribution in [0.3, 0.4) is 0 Å². The van der Waals surface area contributed by atoms with Crippen LogP contribution in [0.4, 0.5) is 0 Å². The molecular formula is C15H20O4. The van der Waals surface area contributed by atoms with Crippen molar-refractivity contribution in [1.82, 2.24) is 0 Å². The van der Waals surface area contributed by atoms with Gasteiger partial charge in [-0.25, -0.2) is 0 Å². The molecule has 0 aromatic heterocycles. The number of hydrogen-bond acceptors (Lipinski definition) is 4. The number of allylic oxidation sites excluding steroid dienone is 4. The monoisotopic (exact) mass is 264 g/mol. The van der Waals surface area contributed by atoms with Gasteiger partial charge in [0.15, 0.2) is 5.41 Å². The maximum Gasteiger partial charge on any atom is 0.324 e. The largest absolute Gasteiger partial charge is 0.465 e. The van der Waals surface area contributed by atoms with Gasteiger partial charge in [0.25, 0.3) is 0 Å². The van der Waals surface area contributed by atoms with Crippen LogP contribution in [-0.2, 0) is 19.1 Å². The van der Waals surface area contributed by atoms with Crippen LogP contribution in [0.1, 0.15) is 26.7 Å². The second kappa shape index (κ2) is 6.36. The van der Waals surface area contributed by atoms with Crippen LogP contribution < -0.4 is 0 Å². The quantitative estimate of drug-likeness (QED) is 0.565. The molecule has 0 aromatic carbocycles. The van der Waals surface area contributed by atoms with Gasteiger partial charge in [0.2, 0.25) is 0 Å². The Kier molecular flexibility index (Phi) is 5.10. The maximum absolute atomic E-state index is 12.2. The average molecular weight is 264 g/mol. The number of carbonyl (C=O) groups excluding carboxylic acids is 2. The first-order valence-corrected chi connectivity index (χ1v) is 6.35. The molecule has 0 N–H and O–H groups in total. The molecule has 0 spiro atoms. The van der Waals surface area contributed by atoms with Gasteiger partial charge in [0.1, 0.15) is 0 Å². The van der Waals surface area contributed by atoms with Gasteiger partial charge in [0.05, 0.1) is 13.2 Å². The maximum atomic E-state index is 12.2. The van der Waals surface area contributed by atoms with E-state index in [-0.39, 0.29) is 26.1 Å². The lowest BCUT2D eigenvalue weighted by atomic mass is 9.72. The molecule has 0 saturated heterocycles. The molecule has 4 nitrogen and oxygen atoms in total. The van der Waals surface area contributed by atoms with Crippen molar-refractivity contribution in [3.63, 3.8) is 0 Å². The van der Waals surface area contributed by atoms with E-state index in [4.69, 9.17) is 9.47 Å². The van der Waals surface area contributed by atoms with Gasteiger partial charge in [-0.15, -0.1) is 0 Å². The minimum absolute atomic E-state index is 0.222. The lowest BCUT2D eigenvalue weighted by Gasteiger charge is -2.32. The molecule has 4 heteroatoms. The molecule has 0 atom stereocenters. The van der Waals surface area contributed by atoms with E-state index in [0.717, 1.165) is 5.57 Å². The molecule has 0 saturated carbocycles. The van der Waals surface area contributed by atoms with Crippen LogP contribution in [0.5, 0.6) is 0 Å². The Balaban J connectivity index is 3.16. The van der Waals surface area contributed by atoms with Gasteiger partial charge in [0, 0.05) is 0 Å². The first kappa shape index (κ1) is 15.2. The smallest absolute Gasteiger partial charge is 0.324 e.